The topological polar surface area (TPSA) is 76.2 Å². The molecule has 2 aliphatic rings. The lowest BCUT2D eigenvalue weighted by molar-refractivity contribution is 0.0323. The first-order chi connectivity index (χ1) is 16.8. The molecule has 0 spiro atoms. The van der Waals surface area contributed by atoms with Gasteiger partial charge in [0.25, 0.3) is 5.91 Å². The zero-order valence-electron chi connectivity index (χ0n) is 19.2. The van der Waals surface area contributed by atoms with Crippen molar-refractivity contribution in [3.8, 4) is 5.75 Å². The van der Waals surface area contributed by atoms with Gasteiger partial charge < -0.3 is 24.4 Å². The number of nitrogens with zero attached hydrogens (tertiary/aromatic N) is 3. The van der Waals surface area contributed by atoms with Crippen molar-refractivity contribution in [1.82, 2.24) is 9.88 Å². The van der Waals surface area contributed by atoms with Crippen LogP contribution in [0.5, 0.6) is 5.75 Å². The van der Waals surface area contributed by atoms with E-state index in [1.165, 1.54) is 0 Å². The van der Waals surface area contributed by atoms with E-state index in [0.717, 1.165) is 74.0 Å². The highest BCUT2D eigenvalue weighted by atomic mass is 16.5. The molecule has 178 valence electrons. The van der Waals surface area contributed by atoms with Gasteiger partial charge in [-0.3, -0.25) is 9.69 Å². The Labute approximate surface area is 199 Å². The Hall–Kier alpha value is -3.20. The number of pyridine rings is 1. The van der Waals surface area contributed by atoms with Crippen LogP contribution in [0.25, 0.3) is 10.8 Å². The highest BCUT2D eigenvalue weighted by Gasteiger charge is 2.15. The number of hydrogen-bond acceptors (Lipinski definition) is 7. The monoisotopic (exact) mass is 462 g/mol. The molecule has 0 aliphatic carbocycles. The third kappa shape index (κ3) is 5.30. The van der Waals surface area contributed by atoms with Gasteiger partial charge in [-0.15, -0.1) is 0 Å². The largest absolute Gasteiger partial charge is 0.492 e. The second kappa shape index (κ2) is 10.8. The van der Waals surface area contributed by atoms with Crippen LogP contribution in [-0.4, -0.2) is 81.5 Å². The fourth-order valence-electron chi connectivity index (χ4n) is 4.31. The average Bonchev–Trinajstić information content (AvgIpc) is 2.91. The van der Waals surface area contributed by atoms with Crippen molar-refractivity contribution in [2.24, 2.45) is 0 Å². The minimum atomic E-state index is -0.188. The predicted octanol–water partition coefficient (Wildman–Crippen LogP) is 3.03. The van der Waals surface area contributed by atoms with Gasteiger partial charge in [0.05, 0.1) is 32.0 Å². The summed E-state index contributed by atoms with van der Waals surface area (Å²) in [6, 6.07) is 15.5. The lowest BCUT2D eigenvalue weighted by atomic mass is 10.1. The molecule has 0 bridgehead atoms. The summed E-state index contributed by atoms with van der Waals surface area (Å²) in [5.41, 5.74) is 1.27. The molecular formula is C26H30N4O4. The van der Waals surface area contributed by atoms with Gasteiger partial charge in [0.1, 0.15) is 18.2 Å². The van der Waals surface area contributed by atoms with E-state index in [0.29, 0.717) is 25.4 Å². The van der Waals surface area contributed by atoms with E-state index in [-0.39, 0.29) is 5.91 Å². The lowest BCUT2D eigenvalue weighted by Gasteiger charge is -2.27. The zero-order valence-corrected chi connectivity index (χ0v) is 19.2. The second-order valence-electron chi connectivity index (χ2n) is 8.42. The van der Waals surface area contributed by atoms with Crippen molar-refractivity contribution < 1.29 is 19.0 Å². The second-order valence-corrected chi connectivity index (χ2v) is 8.42. The normalized spacial score (nSPS) is 17.0. The van der Waals surface area contributed by atoms with Crippen LogP contribution in [0.4, 0.5) is 11.5 Å². The number of anilines is 2. The standard InChI is InChI=1S/C26H30N4O4/c31-26(20-5-8-25(27-19-20)30-12-16-33-17-13-30)28-23-6-7-24(22-4-2-1-3-21(22)23)34-18-11-29-9-14-32-15-10-29/h1-8,19H,9-18H2,(H,28,31). The van der Waals surface area contributed by atoms with Crippen LogP contribution in [0, 0.1) is 0 Å². The molecule has 34 heavy (non-hydrogen) atoms. The van der Waals surface area contributed by atoms with E-state index in [1.54, 1.807) is 6.20 Å². The number of nitrogens with one attached hydrogen (secondary N) is 1. The first-order valence-electron chi connectivity index (χ1n) is 11.8. The molecule has 0 unspecified atom stereocenters. The van der Waals surface area contributed by atoms with E-state index in [4.69, 9.17) is 14.2 Å². The van der Waals surface area contributed by atoms with Gasteiger partial charge in [0, 0.05) is 55.4 Å². The van der Waals surface area contributed by atoms with E-state index >= 15 is 0 Å². The van der Waals surface area contributed by atoms with Gasteiger partial charge in [-0.2, -0.15) is 0 Å². The van der Waals surface area contributed by atoms with Gasteiger partial charge in [-0.05, 0) is 24.3 Å². The summed E-state index contributed by atoms with van der Waals surface area (Å²) in [6.45, 7) is 7.94. The maximum absolute atomic E-state index is 12.9. The molecule has 5 rings (SSSR count). The summed E-state index contributed by atoms with van der Waals surface area (Å²) in [5.74, 6) is 1.49. The number of rotatable bonds is 7. The smallest absolute Gasteiger partial charge is 0.257 e. The summed E-state index contributed by atoms with van der Waals surface area (Å²) in [7, 11) is 0. The summed E-state index contributed by atoms with van der Waals surface area (Å²) in [5, 5.41) is 4.96. The number of aromatic nitrogens is 1. The first-order valence-corrected chi connectivity index (χ1v) is 11.8. The Morgan fingerprint density at radius 3 is 2.38 bits per heavy atom. The van der Waals surface area contributed by atoms with Gasteiger partial charge in [0.2, 0.25) is 0 Å². The molecule has 1 aromatic heterocycles. The molecule has 2 aliphatic heterocycles. The van der Waals surface area contributed by atoms with Crippen LogP contribution in [0.2, 0.25) is 0 Å². The maximum atomic E-state index is 12.9. The van der Waals surface area contributed by atoms with E-state index in [2.05, 4.69) is 20.1 Å². The molecule has 8 nitrogen and oxygen atoms in total. The molecule has 1 amide bonds. The van der Waals surface area contributed by atoms with Crippen LogP contribution in [0.15, 0.2) is 54.7 Å². The van der Waals surface area contributed by atoms with Gasteiger partial charge in [-0.1, -0.05) is 24.3 Å². The molecule has 8 heteroatoms. The summed E-state index contributed by atoms with van der Waals surface area (Å²) in [4.78, 5) is 21.9. The number of morpholine rings is 2. The van der Waals surface area contributed by atoms with Crippen molar-refractivity contribution in [2.75, 3.05) is 76.0 Å². The molecule has 3 heterocycles. The Morgan fingerprint density at radius 1 is 0.912 bits per heavy atom. The lowest BCUT2D eigenvalue weighted by Crippen LogP contribution is -2.38. The van der Waals surface area contributed by atoms with E-state index < -0.39 is 0 Å². The van der Waals surface area contributed by atoms with Crippen molar-refractivity contribution in [1.29, 1.82) is 0 Å². The van der Waals surface area contributed by atoms with Crippen LogP contribution in [0.3, 0.4) is 0 Å². The van der Waals surface area contributed by atoms with Crippen LogP contribution >= 0.6 is 0 Å². The first kappa shape index (κ1) is 22.6. The predicted molar refractivity (Wildman–Crippen MR) is 132 cm³/mol. The molecule has 2 saturated heterocycles. The Kier molecular flexibility index (Phi) is 7.19. The van der Waals surface area contributed by atoms with Crippen LogP contribution in [0.1, 0.15) is 10.4 Å². The minimum absolute atomic E-state index is 0.188. The summed E-state index contributed by atoms with van der Waals surface area (Å²) < 4.78 is 16.9. The Balaban J connectivity index is 1.26. The molecular weight excluding hydrogens is 432 g/mol. The molecule has 2 aromatic carbocycles. The number of carbonyl (C=O) groups is 1. The molecule has 1 N–H and O–H groups in total. The molecule has 0 radical (unpaired) electrons. The van der Waals surface area contributed by atoms with Crippen molar-refractivity contribution in [2.45, 2.75) is 0 Å². The van der Waals surface area contributed by atoms with Crippen LogP contribution in [-0.2, 0) is 9.47 Å². The van der Waals surface area contributed by atoms with Gasteiger partial charge >= 0.3 is 0 Å². The third-order valence-corrected chi connectivity index (χ3v) is 6.25. The Bertz CT molecular complexity index is 1110. The van der Waals surface area contributed by atoms with Crippen molar-refractivity contribution in [3.05, 3.63) is 60.3 Å². The highest BCUT2D eigenvalue weighted by Crippen LogP contribution is 2.32. The SMILES string of the molecule is O=C(Nc1ccc(OCCN2CCOCC2)c2ccccc12)c1ccc(N2CCOCC2)nc1. The average molecular weight is 463 g/mol. The van der Waals surface area contributed by atoms with Crippen LogP contribution < -0.4 is 15.0 Å². The minimum Gasteiger partial charge on any atom is -0.492 e. The summed E-state index contributed by atoms with van der Waals surface area (Å²) >= 11 is 0. The highest BCUT2D eigenvalue weighted by molar-refractivity contribution is 6.10. The molecule has 3 aromatic rings. The number of ether oxygens (including phenoxy) is 3. The number of fused-ring (bicyclic) bond motifs is 1. The summed E-state index contributed by atoms with van der Waals surface area (Å²) in [6.07, 6.45) is 1.63. The molecule has 0 atom stereocenters. The number of carbonyl (C=O) groups excluding carboxylic acids is 1. The third-order valence-electron chi connectivity index (χ3n) is 6.25. The zero-order chi connectivity index (χ0) is 23.2. The number of amides is 1. The quantitative estimate of drug-likeness (QED) is 0.578. The Morgan fingerprint density at radius 2 is 1.65 bits per heavy atom. The van der Waals surface area contributed by atoms with E-state index in [9.17, 15) is 4.79 Å². The maximum Gasteiger partial charge on any atom is 0.257 e. The van der Waals surface area contributed by atoms with Gasteiger partial charge in [0.15, 0.2) is 0 Å². The fourth-order valence-corrected chi connectivity index (χ4v) is 4.31. The molecule has 0 saturated carbocycles. The van der Waals surface area contributed by atoms with Crippen molar-refractivity contribution in [3.63, 3.8) is 0 Å². The van der Waals surface area contributed by atoms with Gasteiger partial charge in [-0.25, -0.2) is 4.98 Å². The van der Waals surface area contributed by atoms with Crippen molar-refractivity contribution >= 4 is 28.2 Å². The number of benzene rings is 2. The fraction of sp³-hybridized carbons (Fsp3) is 0.385. The number of hydrogen-bond donors (Lipinski definition) is 1. The molecule has 2 fully saturated rings. The van der Waals surface area contributed by atoms with E-state index in [1.807, 2.05) is 48.5 Å².